The SMILES string of the molecule is CCOCCNC(=NC)NCc1ccccc1CN1CCN(c2ccccc2)CC1.I. The van der Waals surface area contributed by atoms with Crippen LogP contribution in [0.4, 0.5) is 5.69 Å². The third-order valence-electron chi connectivity index (χ3n) is 5.42. The molecule has 1 aliphatic rings. The second-order valence-electron chi connectivity index (χ2n) is 7.42. The predicted octanol–water partition coefficient (Wildman–Crippen LogP) is 3.33. The van der Waals surface area contributed by atoms with Crippen molar-refractivity contribution in [2.45, 2.75) is 20.0 Å². The first kappa shape index (κ1) is 25.4. The van der Waals surface area contributed by atoms with Gasteiger partial charge in [0.25, 0.3) is 0 Å². The van der Waals surface area contributed by atoms with E-state index in [1.165, 1.54) is 16.8 Å². The average molecular weight is 537 g/mol. The number of para-hydroxylation sites is 1. The molecule has 2 N–H and O–H groups in total. The summed E-state index contributed by atoms with van der Waals surface area (Å²) in [5.41, 5.74) is 4.02. The highest BCUT2D eigenvalue weighted by Gasteiger charge is 2.18. The molecule has 0 saturated carbocycles. The van der Waals surface area contributed by atoms with Gasteiger partial charge in [0.05, 0.1) is 6.61 Å². The van der Waals surface area contributed by atoms with Gasteiger partial charge in [-0.25, -0.2) is 0 Å². The van der Waals surface area contributed by atoms with Gasteiger partial charge >= 0.3 is 0 Å². The number of hydrogen-bond donors (Lipinski definition) is 2. The molecule has 1 heterocycles. The molecule has 0 aliphatic carbocycles. The largest absolute Gasteiger partial charge is 0.380 e. The van der Waals surface area contributed by atoms with Crippen molar-refractivity contribution in [3.05, 3.63) is 65.7 Å². The summed E-state index contributed by atoms with van der Waals surface area (Å²) in [6.07, 6.45) is 0. The molecule has 0 amide bonds. The Hall–Kier alpha value is -1.84. The van der Waals surface area contributed by atoms with Crippen LogP contribution in [-0.4, -0.2) is 63.8 Å². The second-order valence-corrected chi connectivity index (χ2v) is 7.42. The fraction of sp³-hybridized carbons (Fsp3) is 0.458. The summed E-state index contributed by atoms with van der Waals surface area (Å²) in [4.78, 5) is 9.33. The summed E-state index contributed by atoms with van der Waals surface area (Å²) < 4.78 is 5.38. The molecule has 6 nitrogen and oxygen atoms in total. The highest BCUT2D eigenvalue weighted by atomic mass is 127. The molecule has 0 bridgehead atoms. The molecule has 0 radical (unpaired) electrons. The zero-order chi connectivity index (χ0) is 21.0. The molecule has 170 valence electrons. The lowest BCUT2D eigenvalue weighted by molar-refractivity contribution is 0.152. The van der Waals surface area contributed by atoms with E-state index in [4.69, 9.17) is 4.74 Å². The number of piperazine rings is 1. The van der Waals surface area contributed by atoms with E-state index in [2.05, 4.69) is 80.0 Å². The monoisotopic (exact) mass is 537 g/mol. The number of benzene rings is 2. The Kier molecular flexibility index (Phi) is 11.7. The van der Waals surface area contributed by atoms with E-state index in [0.29, 0.717) is 6.61 Å². The van der Waals surface area contributed by atoms with Crippen LogP contribution in [0.1, 0.15) is 18.1 Å². The molecule has 2 aromatic carbocycles. The Morgan fingerprint density at radius 1 is 0.935 bits per heavy atom. The van der Waals surface area contributed by atoms with E-state index in [9.17, 15) is 0 Å². The normalized spacial score (nSPS) is 14.8. The van der Waals surface area contributed by atoms with Crippen LogP contribution in [0.5, 0.6) is 0 Å². The molecule has 0 aromatic heterocycles. The van der Waals surface area contributed by atoms with Gasteiger partial charge < -0.3 is 20.3 Å². The van der Waals surface area contributed by atoms with E-state index in [0.717, 1.165) is 58.4 Å². The standard InChI is InChI=1S/C24H35N5O.HI/c1-3-30-18-13-26-24(25-2)27-19-21-9-7-8-10-22(21)20-28-14-16-29(17-15-28)23-11-5-4-6-12-23;/h4-12H,3,13-20H2,1-2H3,(H2,25,26,27);1H. The summed E-state index contributed by atoms with van der Waals surface area (Å²) in [5, 5.41) is 6.72. The van der Waals surface area contributed by atoms with Crippen LogP contribution in [-0.2, 0) is 17.8 Å². The zero-order valence-corrected chi connectivity index (χ0v) is 21.0. The number of hydrogen-bond acceptors (Lipinski definition) is 4. The summed E-state index contributed by atoms with van der Waals surface area (Å²) in [6, 6.07) is 19.4. The molecule has 1 saturated heterocycles. The minimum absolute atomic E-state index is 0. The first-order valence-electron chi connectivity index (χ1n) is 10.9. The molecule has 1 fully saturated rings. The van der Waals surface area contributed by atoms with Crippen molar-refractivity contribution >= 4 is 35.6 Å². The van der Waals surface area contributed by atoms with E-state index in [-0.39, 0.29) is 24.0 Å². The number of guanidine groups is 1. The number of ether oxygens (including phenoxy) is 1. The molecular formula is C24H36IN5O. The summed E-state index contributed by atoms with van der Waals surface area (Å²) in [6.45, 7) is 10.2. The fourth-order valence-electron chi connectivity index (χ4n) is 3.71. The van der Waals surface area contributed by atoms with Gasteiger partial charge in [-0.3, -0.25) is 9.89 Å². The maximum atomic E-state index is 5.38. The average Bonchev–Trinajstić information content (AvgIpc) is 2.80. The van der Waals surface area contributed by atoms with Crippen molar-refractivity contribution in [2.24, 2.45) is 4.99 Å². The van der Waals surface area contributed by atoms with Gasteiger partial charge in [-0.15, -0.1) is 24.0 Å². The Balaban J connectivity index is 0.00000341. The third-order valence-corrected chi connectivity index (χ3v) is 5.42. The number of anilines is 1. The quantitative estimate of drug-likeness (QED) is 0.223. The van der Waals surface area contributed by atoms with Crippen LogP contribution < -0.4 is 15.5 Å². The lowest BCUT2D eigenvalue weighted by Crippen LogP contribution is -2.46. The van der Waals surface area contributed by atoms with Gasteiger partial charge in [-0.05, 0) is 30.2 Å². The van der Waals surface area contributed by atoms with Crippen LogP contribution in [0.2, 0.25) is 0 Å². The third kappa shape index (κ3) is 8.31. The van der Waals surface area contributed by atoms with Crippen LogP contribution in [0, 0.1) is 0 Å². The van der Waals surface area contributed by atoms with Gasteiger partial charge in [-0.1, -0.05) is 42.5 Å². The second kappa shape index (κ2) is 14.3. The molecule has 7 heteroatoms. The van der Waals surface area contributed by atoms with Crippen LogP contribution in [0.15, 0.2) is 59.6 Å². The van der Waals surface area contributed by atoms with Crippen molar-refractivity contribution in [3.63, 3.8) is 0 Å². The molecule has 31 heavy (non-hydrogen) atoms. The molecule has 0 unspecified atom stereocenters. The Morgan fingerprint density at radius 2 is 1.61 bits per heavy atom. The van der Waals surface area contributed by atoms with E-state index >= 15 is 0 Å². The maximum absolute atomic E-state index is 5.38. The lowest BCUT2D eigenvalue weighted by atomic mass is 10.1. The van der Waals surface area contributed by atoms with Gasteiger partial charge in [0.2, 0.25) is 0 Å². The zero-order valence-electron chi connectivity index (χ0n) is 18.7. The van der Waals surface area contributed by atoms with Gasteiger partial charge in [0, 0.05) is 65.2 Å². The Labute approximate surface area is 204 Å². The minimum Gasteiger partial charge on any atom is -0.380 e. The highest BCUT2D eigenvalue weighted by Crippen LogP contribution is 2.18. The molecule has 1 aliphatic heterocycles. The first-order chi connectivity index (χ1) is 14.8. The van der Waals surface area contributed by atoms with Crippen LogP contribution in [0.3, 0.4) is 0 Å². The van der Waals surface area contributed by atoms with Crippen molar-refractivity contribution < 1.29 is 4.74 Å². The van der Waals surface area contributed by atoms with E-state index in [1.54, 1.807) is 7.05 Å². The molecule has 0 atom stereocenters. The van der Waals surface area contributed by atoms with Gasteiger partial charge in [0.15, 0.2) is 5.96 Å². The maximum Gasteiger partial charge on any atom is 0.191 e. The highest BCUT2D eigenvalue weighted by molar-refractivity contribution is 14.0. The first-order valence-corrected chi connectivity index (χ1v) is 10.9. The summed E-state index contributed by atoms with van der Waals surface area (Å²) in [5.74, 6) is 0.806. The number of aliphatic imine (C=N–C) groups is 1. The van der Waals surface area contributed by atoms with Gasteiger partial charge in [0.1, 0.15) is 0 Å². The minimum atomic E-state index is 0. The van der Waals surface area contributed by atoms with E-state index < -0.39 is 0 Å². The fourth-order valence-corrected chi connectivity index (χ4v) is 3.71. The lowest BCUT2D eigenvalue weighted by Gasteiger charge is -2.36. The number of rotatable bonds is 9. The molecule has 0 spiro atoms. The van der Waals surface area contributed by atoms with Crippen molar-refractivity contribution in [1.29, 1.82) is 0 Å². The van der Waals surface area contributed by atoms with Gasteiger partial charge in [-0.2, -0.15) is 0 Å². The van der Waals surface area contributed by atoms with E-state index in [1.807, 2.05) is 6.92 Å². The Bertz CT molecular complexity index is 779. The van der Waals surface area contributed by atoms with Crippen LogP contribution >= 0.6 is 24.0 Å². The van der Waals surface area contributed by atoms with Crippen molar-refractivity contribution in [3.8, 4) is 0 Å². The molecule has 3 rings (SSSR count). The summed E-state index contributed by atoms with van der Waals surface area (Å²) in [7, 11) is 1.80. The number of nitrogens with one attached hydrogen (secondary N) is 2. The van der Waals surface area contributed by atoms with Crippen molar-refractivity contribution in [2.75, 3.05) is 57.9 Å². The smallest absolute Gasteiger partial charge is 0.191 e. The molecular weight excluding hydrogens is 501 g/mol. The molecule has 2 aromatic rings. The number of nitrogens with zero attached hydrogens (tertiary/aromatic N) is 3. The van der Waals surface area contributed by atoms with Crippen LogP contribution in [0.25, 0.3) is 0 Å². The Morgan fingerprint density at radius 3 is 2.29 bits per heavy atom. The summed E-state index contributed by atoms with van der Waals surface area (Å²) >= 11 is 0. The predicted molar refractivity (Wildman–Crippen MR) is 140 cm³/mol. The number of halogens is 1. The topological polar surface area (TPSA) is 52.1 Å². The van der Waals surface area contributed by atoms with Crippen molar-refractivity contribution in [1.82, 2.24) is 15.5 Å².